The van der Waals surface area contributed by atoms with E-state index in [0.717, 1.165) is 150 Å². The van der Waals surface area contributed by atoms with Crippen molar-refractivity contribution in [3.05, 3.63) is 364 Å². The monoisotopic (exact) mass is 1680 g/mol. The van der Waals surface area contributed by atoms with Crippen LogP contribution in [-0.4, -0.2) is 86.4 Å². The molecule has 0 atom stereocenters. The summed E-state index contributed by atoms with van der Waals surface area (Å²) in [7, 11) is 4.09. The van der Waals surface area contributed by atoms with E-state index in [0.29, 0.717) is 17.7 Å². The summed E-state index contributed by atoms with van der Waals surface area (Å²) < 4.78 is 60.3. The fourth-order valence-corrected chi connectivity index (χ4v) is 21.4. The molecule has 30 rings (SSSR count). The van der Waals surface area contributed by atoms with Gasteiger partial charge in [-0.2, -0.15) is 13.7 Å². The van der Waals surface area contributed by atoms with Gasteiger partial charge in [-0.25, -0.2) is 32.0 Å². The van der Waals surface area contributed by atoms with E-state index in [9.17, 15) is 0 Å². The van der Waals surface area contributed by atoms with Crippen LogP contribution < -0.4 is 22.8 Å². The summed E-state index contributed by atoms with van der Waals surface area (Å²) in [5.41, 5.74) is 30.2. The van der Waals surface area contributed by atoms with Crippen LogP contribution in [0.25, 0.3) is 194 Å². The van der Waals surface area contributed by atoms with Gasteiger partial charge in [0.2, 0.25) is 27.8 Å². The highest BCUT2D eigenvalue weighted by atomic mass is 32.1. The average molecular weight is 1680 g/mol. The van der Waals surface area contributed by atoms with Gasteiger partial charge in [-0.3, -0.25) is 63.5 Å². The number of aryl methyl sites for hydroxylation is 3. The molecule has 24 nitrogen and oxygen atoms in total. The number of benzene rings is 5. The number of furan rings is 1. The lowest BCUT2D eigenvalue weighted by molar-refractivity contribution is -0.652. The first-order chi connectivity index (χ1) is 64.6. The molecule has 25 heterocycles. The summed E-state index contributed by atoms with van der Waals surface area (Å²) in [6, 6.07) is 83.5. The SMILES string of the molecule is Cn1c2cnccc2c2c1[n+]1c(n2-c2ccccc2)-c2cccnc2C1.[2H]C([2H])([2H])n1c2cnccc2c2c1[n+]1c(n2C)-c2cccnc2C1.c1ccc(-n2c3[n+](c4c2c2ccncc2n4-c2ccccc2)Cc2ncccc2-3)cc1.c1ccc(-n2c3[n+](c4oc5cnccc5c42)Cc2ncccc2-3)cc1.c1ccc(-n2c3[n+](c4sc5cnccc5c42)Cc2ncccc2-3)cc1. The number of nitrogens with zero attached hydrogens (tertiary/aromatic N) is 23. The topological polar surface area (TPSA) is 201 Å². The first-order valence-corrected chi connectivity index (χ1v) is 43.2. The minimum atomic E-state index is -2.28. The fourth-order valence-electron chi connectivity index (χ4n) is 20.2. The summed E-state index contributed by atoms with van der Waals surface area (Å²) in [6.45, 7) is 1.37. The van der Waals surface area contributed by atoms with E-state index < -0.39 is 6.98 Å². The predicted octanol–water partition coefficient (Wildman–Crippen LogP) is 17.1. The Labute approximate surface area is 736 Å². The molecular formula is C103H74N23OS+5. The number of hydrogen-bond acceptors (Lipinski definition) is 12. The van der Waals surface area contributed by atoms with Gasteiger partial charge in [-0.1, -0.05) is 102 Å². The second-order valence-corrected chi connectivity index (χ2v) is 33.3. The van der Waals surface area contributed by atoms with Crippen LogP contribution >= 0.6 is 11.3 Å². The number of hydrogen-bond donors (Lipinski definition) is 0. The normalized spacial score (nSPS) is 13.1. The molecule has 20 aromatic heterocycles. The summed E-state index contributed by atoms with van der Waals surface area (Å²) in [6.07, 6.45) is 27.6. The molecule has 0 saturated carbocycles. The third-order valence-electron chi connectivity index (χ3n) is 25.5. The van der Waals surface area contributed by atoms with Crippen molar-refractivity contribution in [2.45, 2.75) is 32.7 Å². The smallest absolute Gasteiger partial charge is 0.340 e. The zero-order valence-electron chi connectivity index (χ0n) is 71.9. The number of imidazole rings is 5. The molecule has 0 saturated heterocycles. The zero-order chi connectivity index (χ0) is 87.0. The largest absolute Gasteiger partial charge is 0.417 e. The second-order valence-electron chi connectivity index (χ2n) is 32.3. The first-order valence-electron chi connectivity index (χ1n) is 43.8. The van der Waals surface area contributed by atoms with Crippen LogP contribution in [0.2, 0.25) is 0 Å². The molecule has 25 aromatic rings. The lowest BCUT2D eigenvalue weighted by Gasteiger charge is -2.04. The van der Waals surface area contributed by atoms with Crippen LogP contribution in [-0.2, 0) is 53.8 Å². The molecule has 0 fully saturated rings. The van der Waals surface area contributed by atoms with Gasteiger partial charge in [0.15, 0.2) is 27.6 Å². The summed E-state index contributed by atoms with van der Waals surface area (Å²) in [4.78, 5) is 45.6. The van der Waals surface area contributed by atoms with E-state index in [-0.39, 0.29) is 0 Å². The molecule has 0 aliphatic carbocycles. The summed E-state index contributed by atoms with van der Waals surface area (Å²) in [5, 5.41) is 5.62. The highest BCUT2D eigenvalue weighted by Crippen LogP contribution is 2.45. The van der Waals surface area contributed by atoms with Gasteiger partial charge >= 0.3 is 5.71 Å². The van der Waals surface area contributed by atoms with Crippen molar-refractivity contribution in [3.63, 3.8) is 0 Å². The Kier molecular flexibility index (Phi) is 15.5. The third kappa shape index (κ3) is 10.7. The summed E-state index contributed by atoms with van der Waals surface area (Å²) in [5.74, 6) is 5.68. The molecule has 0 N–H and O–H groups in total. The maximum absolute atomic E-state index is 8.02. The van der Waals surface area contributed by atoms with E-state index in [4.69, 9.17) is 8.53 Å². The van der Waals surface area contributed by atoms with Crippen LogP contribution in [0, 0.1) is 0 Å². The molecule has 0 radical (unpaired) electrons. The second kappa shape index (κ2) is 28.6. The third-order valence-corrected chi connectivity index (χ3v) is 26.6. The van der Waals surface area contributed by atoms with Crippen LogP contribution in [0.3, 0.4) is 0 Å². The van der Waals surface area contributed by atoms with Gasteiger partial charge in [0.25, 0.3) is 28.6 Å². The Hall–Kier alpha value is -16.9. The highest BCUT2D eigenvalue weighted by Gasteiger charge is 2.44. The Bertz CT molecular complexity index is 8790. The van der Waals surface area contributed by atoms with Crippen molar-refractivity contribution in [1.82, 2.24) is 86.4 Å². The van der Waals surface area contributed by atoms with Crippen molar-refractivity contribution in [2.75, 3.05) is 0 Å². The van der Waals surface area contributed by atoms with E-state index in [2.05, 4.69) is 295 Å². The van der Waals surface area contributed by atoms with Crippen molar-refractivity contribution < 1.29 is 31.4 Å². The number of thiophene rings is 1. The number of aromatic nitrogens is 23. The van der Waals surface area contributed by atoms with Crippen molar-refractivity contribution in [3.8, 4) is 85.4 Å². The molecule has 5 aromatic carbocycles. The summed E-state index contributed by atoms with van der Waals surface area (Å²) >= 11 is 1.80. The molecule has 5 aliphatic rings. The fraction of sp³-hybridized carbons (Fsp3) is 0.0777. The number of pyridine rings is 10. The van der Waals surface area contributed by atoms with E-state index in [1.54, 1.807) is 36.1 Å². The van der Waals surface area contributed by atoms with Gasteiger partial charge in [0.05, 0.1) is 133 Å². The Morgan fingerprint density at radius 2 is 0.641 bits per heavy atom. The predicted molar refractivity (Wildman–Crippen MR) is 493 cm³/mol. The molecule has 0 spiro atoms. The van der Waals surface area contributed by atoms with Crippen molar-refractivity contribution >= 4 is 120 Å². The van der Waals surface area contributed by atoms with Crippen molar-refractivity contribution in [1.29, 1.82) is 0 Å². The number of rotatable bonds is 5. The molecular weight excluding hydrogens is 1610 g/mol. The Morgan fingerprint density at radius 1 is 0.289 bits per heavy atom. The number of fused-ring (bicyclic) bond motifs is 35. The van der Waals surface area contributed by atoms with Crippen LogP contribution in [0.15, 0.2) is 340 Å². The van der Waals surface area contributed by atoms with Gasteiger partial charge in [-0.15, -0.1) is 0 Å². The minimum absolute atomic E-state index is 0.572. The van der Waals surface area contributed by atoms with Crippen LogP contribution in [0.1, 0.15) is 32.6 Å². The van der Waals surface area contributed by atoms with Gasteiger partial charge in [0.1, 0.15) is 77.7 Å². The van der Waals surface area contributed by atoms with Gasteiger partial charge in [-0.05, 0) is 152 Å². The van der Waals surface area contributed by atoms with E-state index in [1.165, 1.54) is 92.3 Å². The lowest BCUT2D eigenvalue weighted by atomic mass is 10.2. The van der Waals surface area contributed by atoms with Gasteiger partial charge < -0.3 is 4.42 Å². The maximum atomic E-state index is 8.02. The molecule has 5 aliphatic heterocycles. The standard InChI is InChI=1S/C26H18N5.C21H16N5.C20H13N4O.C20H13N4S.C16H14N5/c1-3-8-18(9-4-1)30-23-16-27-15-13-21(23)24-26(30)29-17-22-20(12-7-14-28-22)25(29)31(24)19-10-5-2-6-11-19;1-24-18-12-22-11-9-16(18)19-21(24)25-13-17-15(8-5-10-23-17)20(25)26(19)14-6-3-2-4-7-14;2*1-2-5-13(6-3-1)24-18-15-8-10-21-11-17(15)25-20(18)23-12-16-14(19(23)24)7-4-9-22-16;1-19-13-8-17-7-5-11(13)14-16(19)21-9-12-10(4-3-6-18-12)15(21)20(14)2/h1-16H,17H2;2-12H,13H2,1H3;2*1-11H,12H2;3-8H,9H2,1-2H3/q5*+1/i;;;;1D3. The molecule has 0 unspecified atom stereocenters. The molecule has 25 heteroatoms. The van der Waals surface area contributed by atoms with E-state index in [1.807, 2.05) is 134 Å². The zero-order valence-corrected chi connectivity index (χ0v) is 69.7. The molecule has 128 heavy (non-hydrogen) atoms. The Balaban J connectivity index is 0.0000000863. The quantitative estimate of drug-likeness (QED) is 0.148. The molecule has 608 valence electrons. The maximum Gasteiger partial charge on any atom is 0.340 e. The van der Waals surface area contributed by atoms with E-state index >= 15 is 0 Å². The van der Waals surface area contributed by atoms with Crippen LogP contribution in [0.4, 0.5) is 0 Å². The lowest BCUT2D eigenvalue weighted by Crippen LogP contribution is -2.33. The average Bonchev–Trinajstić information content (AvgIpc) is 1.53. The van der Waals surface area contributed by atoms with Crippen LogP contribution in [0.5, 0.6) is 0 Å². The first kappa shape index (κ1) is 69.6. The molecule has 0 amide bonds. The molecule has 0 bridgehead atoms. The highest BCUT2D eigenvalue weighted by molar-refractivity contribution is 7.25. The van der Waals surface area contributed by atoms with Gasteiger partial charge in [0, 0.05) is 73.6 Å². The van der Waals surface area contributed by atoms with Crippen molar-refractivity contribution in [2.24, 2.45) is 21.1 Å². The minimum Gasteiger partial charge on any atom is -0.417 e. The number of para-hydroxylation sites is 5. The Morgan fingerprint density at radius 3 is 1.14 bits per heavy atom.